The van der Waals surface area contributed by atoms with Crippen molar-refractivity contribution in [2.75, 3.05) is 13.2 Å². The lowest BCUT2D eigenvalue weighted by atomic mass is 10.0. The summed E-state index contributed by atoms with van der Waals surface area (Å²) in [5.74, 6) is 0.857. The second kappa shape index (κ2) is 12.7. The Morgan fingerprint density at radius 3 is 2.54 bits per heavy atom. The van der Waals surface area contributed by atoms with Gasteiger partial charge >= 0.3 is 5.97 Å². The molecule has 0 radical (unpaired) electrons. The van der Waals surface area contributed by atoms with Crippen molar-refractivity contribution in [3.8, 4) is 17.4 Å². The number of aryl methyl sites for hydroxylation is 1. The van der Waals surface area contributed by atoms with Gasteiger partial charge in [0.1, 0.15) is 18.1 Å². The van der Waals surface area contributed by atoms with E-state index in [1.807, 2.05) is 39.1 Å². The van der Waals surface area contributed by atoms with Crippen molar-refractivity contribution in [3.05, 3.63) is 69.3 Å². The normalized spacial score (nSPS) is 11.0. The van der Waals surface area contributed by atoms with Crippen LogP contribution in [0, 0.1) is 0 Å². The van der Waals surface area contributed by atoms with Crippen LogP contribution in [0.25, 0.3) is 0 Å². The number of benzene rings is 2. The van der Waals surface area contributed by atoms with Crippen LogP contribution < -0.4 is 14.2 Å². The molecule has 0 spiro atoms. The molecule has 0 bridgehead atoms. The minimum absolute atomic E-state index is 0.0324. The molecule has 0 aliphatic rings. The van der Waals surface area contributed by atoms with E-state index in [1.54, 1.807) is 28.9 Å². The fourth-order valence-electron chi connectivity index (χ4n) is 3.56. The lowest BCUT2D eigenvalue weighted by Gasteiger charge is -2.14. The maximum atomic E-state index is 11.2. The average Bonchev–Trinajstić information content (AvgIpc) is 3.16. The zero-order chi connectivity index (χ0) is 25.4. The summed E-state index contributed by atoms with van der Waals surface area (Å²) in [7, 11) is 0. The molecule has 3 rings (SSSR count). The monoisotopic (exact) mass is 520 g/mol. The molecular formula is C26H30Cl2N2O5. The van der Waals surface area contributed by atoms with Gasteiger partial charge < -0.3 is 19.3 Å². The van der Waals surface area contributed by atoms with Gasteiger partial charge in [0.25, 0.3) is 0 Å². The van der Waals surface area contributed by atoms with E-state index in [0.29, 0.717) is 59.2 Å². The maximum Gasteiger partial charge on any atom is 0.307 e. The fourth-order valence-corrected chi connectivity index (χ4v) is 4.02. The Labute approximate surface area is 215 Å². The summed E-state index contributed by atoms with van der Waals surface area (Å²) in [6.45, 7) is 7.11. The molecule has 0 fully saturated rings. The van der Waals surface area contributed by atoms with E-state index < -0.39 is 5.97 Å². The minimum atomic E-state index is -0.891. The van der Waals surface area contributed by atoms with Crippen molar-refractivity contribution in [2.45, 2.75) is 52.7 Å². The Balaban J connectivity index is 1.66. The standard InChI is InChI=1S/C26H30Cl2N2O5/c1-4-18-6-5-7-19(14-24(31)32)25(18)34-13-11-30-16-20(26(29-30)35-17(2)3)10-12-33-23-9-8-21(27)15-22(23)28/h5-9,15-17H,4,10-14H2,1-3H3,(H,31,32). The van der Waals surface area contributed by atoms with E-state index in [9.17, 15) is 9.90 Å². The van der Waals surface area contributed by atoms with Gasteiger partial charge in [-0.05, 0) is 44.0 Å². The molecule has 188 valence electrons. The van der Waals surface area contributed by atoms with Crippen molar-refractivity contribution in [1.82, 2.24) is 9.78 Å². The van der Waals surface area contributed by atoms with E-state index in [2.05, 4.69) is 5.10 Å². The number of aromatic nitrogens is 2. The number of rotatable bonds is 13. The Kier molecular flexibility index (Phi) is 9.69. The molecule has 1 aromatic heterocycles. The molecule has 9 heteroatoms. The Morgan fingerprint density at radius 1 is 1.09 bits per heavy atom. The van der Waals surface area contributed by atoms with Crippen LogP contribution in [-0.4, -0.2) is 40.2 Å². The predicted molar refractivity (Wildman–Crippen MR) is 136 cm³/mol. The van der Waals surface area contributed by atoms with Gasteiger partial charge in [-0.25, -0.2) is 0 Å². The van der Waals surface area contributed by atoms with Gasteiger partial charge in [0, 0.05) is 28.8 Å². The molecule has 2 aromatic carbocycles. The number of carbonyl (C=O) groups is 1. The molecule has 0 saturated heterocycles. The largest absolute Gasteiger partial charge is 0.492 e. The molecule has 0 amide bonds. The Morgan fingerprint density at radius 2 is 1.86 bits per heavy atom. The molecule has 7 nitrogen and oxygen atoms in total. The third kappa shape index (κ3) is 7.80. The zero-order valence-corrected chi connectivity index (χ0v) is 21.6. The third-order valence-electron chi connectivity index (χ3n) is 5.14. The predicted octanol–water partition coefficient (Wildman–Crippen LogP) is 5.87. The first-order valence-corrected chi connectivity index (χ1v) is 12.3. The minimum Gasteiger partial charge on any atom is -0.492 e. The number of aliphatic carboxylic acids is 1. The molecule has 1 heterocycles. The van der Waals surface area contributed by atoms with Gasteiger partial charge in [-0.3, -0.25) is 9.48 Å². The van der Waals surface area contributed by atoms with Crippen molar-refractivity contribution in [1.29, 1.82) is 0 Å². The highest BCUT2D eigenvalue weighted by Gasteiger charge is 2.15. The fraction of sp³-hybridized carbons (Fsp3) is 0.385. The van der Waals surface area contributed by atoms with Gasteiger partial charge in [0.2, 0.25) is 5.88 Å². The second-order valence-electron chi connectivity index (χ2n) is 8.24. The van der Waals surface area contributed by atoms with Crippen molar-refractivity contribution in [2.24, 2.45) is 0 Å². The molecule has 1 N–H and O–H groups in total. The highest BCUT2D eigenvalue weighted by atomic mass is 35.5. The number of nitrogens with zero attached hydrogens (tertiary/aromatic N) is 2. The smallest absolute Gasteiger partial charge is 0.307 e. The van der Waals surface area contributed by atoms with Gasteiger partial charge in [0.15, 0.2) is 0 Å². The number of para-hydroxylation sites is 1. The van der Waals surface area contributed by atoms with Gasteiger partial charge in [-0.15, -0.1) is 5.10 Å². The van der Waals surface area contributed by atoms with Crippen LogP contribution in [-0.2, 0) is 30.6 Å². The SMILES string of the molecule is CCc1cccc(CC(=O)O)c1OCCn1cc(CCOc2ccc(Cl)cc2Cl)c(OC(C)C)n1. The van der Waals surface area contributed by atoms with Crippen molar-refractivity contribution < 1.29 is 24.1 Å². The average molecular weight is 521 g/mol. The second-order valence-corrected chi connectivity index (χ2v) is 9.08. The number of carboxylic acid groups (broad SMARTS) is 1. The summed E-state index contributed by atoms with van der Waals surface area (Å²) in [6.07, 6.45) is 3.12. The summed E-state index contributed by atoms with van der Waals surface area (Å²) >= 11 is 12.1. The van der Waals surface area contributed by atoms with Crippen LogP contribution in [0.4, 0.5) is 0 Å². The molecule has 0 unspecified atom stereocenters. The summed E-state index contributed by atoms with van der Waals surface area (Å²) in [5.41, 5.74) is 2.55. The number of halogens is 2. The van der Waals surface area contributed by atoms with Crippen LogP contribution in [0.3, 0.4) is 0 Å². The molecule has 0 aliphatic heterocycles. The van der Waals surface area contributed by atoms with E-state index in [4.69, 9.17) is 37.4 Å². The lowest BCUT2D eigenvalue weighted by Crippen LogP contribution is -2.12. The molecule has 0 saturated carbocycles. The van der Waals surface area contributed by atoms with Crippen LogP contribution in [0.5, 0.6) is 17.4 Å². The first kappa shape index (κ1) is 26.7. The molecule has 0 atom stereocenters. The number of carboxylic acids is 1. The highest BCUT2D eigenvalue weighted by molar-refractivity contribution is 6.35. The molecule has 35 heavy (non-hydrogen) atoms. The molecule has 0 aliphatic carbocycles. The summed E-state index contributed by atoms with van der Waals surface area (Å²) < 4.78 is 19.5. The molecular weight excluding hydrogens is 491 g/mol. The quantitative estimate of drug-likeness (QED) is 0.303. The Bertz CT molecular complexity index is 1150. The lowest BCUT2D eigenvalue weighted by molar-refractivity contribution is -0.136. The van der Waals surface area contributed by atoms with Crippen molar-refractivity contribution in [3.63, 3.8) is 0 Å². The van der Waals surface area contributed by atoms with Gasteiger partial charge in [-0.1, -0.05) is 48.3 Å². The number of ether oxygens (including phenoxy) is 3. The summed E-state index contributed by atoms with van der Waals surface area (Å²) in [6, 6.07) is 10.7. The van der Waals surface area contributed by atoms with E-state index in [1.165, 1.54) is 0 Å². The zero-order valence-electron chi connectivity index (χ0n) is 20.1. The van der Waals surface area contributed by atoms with Crippen LogP contribution >= 0.6 is 23.2 Å². The van der Waals surface area contributed by atoms with Crippen molar-refractivity contribution >= 4 is 29.2 Å². The molecule has 3 aromatic rings. The van der Waals surface area contributed by atoms with E-state index in [-0.39, 0.29) is 12.5 Å². The number of hydrogen-bond acceptors (Lipinski definition) is 5. The van der Waals surface area contributed by atoms with Gasteiger partial charge in [-0.2, -0.15) is 0 Å². The summed E-state index contributed by atoms with van der Waals surface area (Å²) in [5, 5.41) is 14.8. The topological polar surface area (TPSA) is 82.8 Å². The third-order valence-corrected chi connectivity index (χ3v) is 5.67. The first-order valence-electron chi connectivity index (χ1n) is 11.5. The summed E-state index contributed by atoms with van der Waals surface area (Å²) in [4.78, 5) is 11.2. The Hall–Kier alpha value is -2.90. The first-order chi connectivity index (χ1) is 16.8. The highest BCUT2D eigenvalue weighted by Crippen LogP contribution is 2.28. The van der Waals surface area contributed by atoms with Gasteiger partial charge in [0.05, 0.1) is 30.7 Å². The van der Waals surface area contributed by atoms with Crippen LogP contribution in [0.15, 0.2) is 42.6 Å². The van der Waals surface area contributed by atoms with E-state index >= 15 is 0 Å². The maximum absolute atomic E-state index is 11.2. The van der Waals surface area contributed by atoms with Crippen LogP contribution in [0.1, 0.15) is 37.5 Å². The van der Waals surface area contributed by atoms with Crippen LogP contribution in [0.2, 0.25) is 10.0 Å². The van der Waals surface area contributed by atoms with E-state index in [0.717, 1.165) is 17.5 Å². The number of hydrogen-bond donors (Lipinski definition) is 1.